The number of rotatable bonds is 2. The molecule has 1 aromatic heterocycles. The van der Waals surface area contributed by atoms with E-state index in [4.69, 9.17) is 5.26 Å². The van der Waals surface area contributed by atoms with Gasteiger partial charge in [0.1, 0.15) is 0 Å². The summed E-state index contributed by atoms with van der Waals surface area (Å²) < 4.78 is 4.46. The van der Waals surface area contributed by atoms with Crippen LogP contribution in [0.1, 0.15) is 11.6 Å². The van der Waals surface area contributed by atoms with Gasteiger partial charge in [0.15, 0.2) is 5.92 Å². The first kappa shape index (κ1) is 9.20. The van der Waals surface area contributed by atoms with Gasteiger partial charge in [-0.3, -0.25) is 9.78 Å². The third-order valence-corrected chi connectivity index (χ3v) is 1.55. The number of hydrogen-bond donors (Lipinski definition) is 0. The Kier molecular flexibility index (Phi) is 2.98. The molecule has 4 heteroatoms. The number of hydrogen-bond acceptors (Lipinski definition) is 4. The number of nitriles is 1. The average molecular weight is 176 g/mol. The van der Waals surface area contributed by atoms with E-state index < -0.39 is 11.9 Å². The second-order valence-corrected chi connectivity index (χ2v) is 2.34. The molecule has 66 valence electrons. The summed E-state index contributed by atoms with van der Waals surface area (Å²) in [7, 11) is 1.25. The average Bonchev–Trinajstić information content (AvgIpc) is 2.20. The molecule has 1 atom stereocenters. The second-order valence-electron chi connectivity index (χ2n) is 2.34. The Morgan fingerprint density at radius 2 is 2.46 bits per heavy atom. The van der Waals surface area contributed by atoms with Crippen LogP contribution in [-0.2, 0) is 9.53 Å². The molecular weight excluding hydrogens is 168 g/mol. The summed E-state index contributed by atoms with van der Waals surface area (Å²) in [5.41, 5.74) is 0.414. The monoisotopic (exact) mass is 176 g/mol. The lowest BCUT2D eigenvalue weighted by molar-refractivity contribution is -0.141. The number of methoxy groups -OCH3 is 1. The highest BCUT2D eigenvalue weighted by molar-refractivity contribution is 5.80. The molecule has 0 aromatic carbocycles. The van der Waals surface area contributed by atoms with Gasteiger partial charge >= 0.3 is 5.97 Å². The van der Waals surface area contributed by atoms with Crippen molar-refractivity contribution in [2.75, 3.05) is 7.11 Å². The Balaban J connectivity index is 2.93. The van der Waals surface area contributed by atoms with Gasteiger partial charge in [-0.05, 0) is 12.1 Å². The highest BCUT2D eigenvalue weighted by Gasteiger charge is 2.21. The first-order valence-electron chi connectivity index (χ1n) is 3.68. The summed E-state index contributed by atoms with van der Waals surface area (Å²) in [6.07, 6.45) is 1.53. The van der Waals surface area contributed by atoms with Crippen LogP contribution in [0, 0.1) is 11.3 Å². The van der Waals surface area contributed by atoms with Crippen LogP contribution >= 0.6 is 0 Å². The third kappa shape index (κ3) is 2.03. The molecule has 1 heterocycles. The number of pyridine rings is 1. The molecule has 0 spiro atoms. The molecule has 0 fully saturated rings. The lowest BCUT2D eigenvalue weighted by Gasteiger charge is -2.04. The number of aromatic nitrogens is 1. The molecule has 13 heavy (non-hydrogen) atoms. The van der Waals surface area contributed by atoms with Crippen molar-refractivity contribution in [1.82, 2.24) is 4.98 Å². The second kappa shape index (κ2) is 4.21. The summed E-state index contributed by atoms with van der Waals surface area (Å²) >= 11 is 0. The van der Waals surface area contributed by atoms with E-state index in [1.165, 1.54) is 13.3 Å². The van der Waals surface area contributed by atoms with Gasteiger partial charge in [-0.2, -0.15) is 5.26 Å². The maximum absolute atomic E-state index is 11.1. The lowest BCUT2D eigenvalue weighted by atomic mass is 10.1. The van der Waals surface area contributed by atoms with Gasteiger partial charge in [0.05, 0.1) is 18.9 Å². The molecule has 0 aliphatic heterocycles. The van der Waals surface area contributed by atoms with Gasteiger partial charge < -0.3 is 4.74 Å². The molecule has 0 saturated heterocycles. The quantitative estimate of drug-likeness (QED) is 0.627. The molecule has 0 bridgehead atoms. The first-order chi connectivity index (χ1) is 6.29. The van der Waals surface area contributed by atoms with Crippen molar-refractivity contribution in [3.05, 3.63) is 30.1 Å². The zero-order chi connectivity index (χ0) is 9.68. The summed E-state index contributed by atoms with van der Waals surface area (Å²) in [6.45, 7) is 0. The molecule has 1 unspecified atom stereocenters. The summed E-state index contributed by atoms with van der Waals surface area (Å²) in [5, 5.41) is 8.69. The molecule has 0 aliphatic carbocycles. The maximum Gasteiger partial charge on any atom is 0.329 e. The van der Waals surface area contributed by atoms with E-state index in [1.807, 2.05) is 6.07 Å². The van der Waals surface area contributed by atoms with Crippen molar-refractivity contribution in [2.45, 2.75) is 5.92 Å². The number of nitrogens with zero attached hydrogens (tertiary/aromatic N) is 2. The molecule has 0 radical (unpaired) electrons. The van der Waals surface area contributed by atoms with Crippen molar-refractivity contribution < 1.29 is 9.53 Å². The normalized spacial score (nSPS) is 11.4. The van der Waals surface area contributed by atoms with Crippen LogP contribution in [0.3, 0.4) is 0 Å². The van der Waals surface area contributed by atoms with Crippen LogP contribution in [0.15, 0.2) is 24.4 Å². The Morgan fingerprint density at radius 3 is 2.92 bits per heavy atom. The zero-order valence-electron chi connectivity index (χ0n) is 7.10. The molecule has 0 N–H and O–H groups in total. The van der Waals surface area contributed by atoms with Crippen molar-refractivity contribution in [3.63, 3.8) is 0 Å². The minimum atomic E-state index is -0.925. The molecule has 1 aromatic rings. The lowest BCUT2D eigenvalue weighted by Crippen LogP contribution is -2.13. The predicted octanol–water partition coefficient (Wildman–Crippen LogP) is 0.862. The van der Waals surface area contributed by atoms with Crippen LogP contribution in [-0.4, -0.2) is 18.1 Å². The third-order valence-electron chi connectivity index (χ3n) is 1.55. The van der Waals surface area contributed by atoms with Crippen molar-refractivity contribution >= 4 is 5.97 Å². The summed E-state index contributed by atoms with van der Waals surface area (Å²) in [5.74, 6) is -1.51. The van der Waals surface area contributed by atoms with E-state index in [-0.39, 0.29) is 0 Å². The zero-order valence-corrected chi connectivity index (χ0v) is 7.10. The number of carbonyl (C=O) groups excluding carboxylic acids is 1. The SMILES string of the molecule is COC(=O)C(C#N)c1ccccn1. The van der Waals surface area contributed by atoms with E-state index in [0.717, 1.165) is 0 Å². The molecule has 1 rings (SSSR count). The minimum Gasteiger partial charge on any atom is -0.468 e. The van der Waals surface area contributed by atoms with Crippen LogP contribution in [0.25, 0.3) is 0 Å². The number of carbonyl (C=O) groups is 1. The van der Waals surface area contributed by atoms with Crippen LogP contribution in [0.2, 0.25) is 0 Å². The number of esters is 1. The van der Waals surface area contributed by atoms with Crippen molar-refractivity contribution in [1.29, 1.82) is 5.26 Å². The van der Waals surface area contributed by atoms with Gasteiger partial charge in [0.25, 0.3) is 0 Å². The molecule has 0 aliphatic rings. The van der Waals surface area contributed by atoms with Crippen LogP contribution in [0.4, 0.5) is 0 Å². The van der Waals surface area contributed by atoms with E-state index in [0.29, 0.717) is 5.69 Å². The summed E-state index contributed by atoms with van der Waals surface area (Å²) in [4.78, 5) is 15.0. The fourth-order valence-corrected chi connectivity index (χ4v) is 0.904. The van der Waals surface area contributed by atoms with Crippen molar-refractivity contribution in [2.24, 2.45) is 0 Å². The standard InChI is InChI=1S/C9H8N2O2/c1-13-9(12)7(6-10)8-4-2-3-5-11-8/h2-5,7H,1H3. The van der Waals surface area contributed by atoms with E-state index >= 15 is 0 Å². The molecule has 0 amide bonds. The van der Waals surface area contributed by atoms with Gasteiger partial charge in [-0.15, -0.1) is 0 Å². The Bertz CT molecular complexity index is 329. The first-order valence-corrected chi connectivity index (χ1v) is 3.68. The van der Waals surface area contributed by atoms with Gasteiger partial charge in [0, 0.05) is 6.20 Å². The molecule has 4 nitrogen and oxygen atoms in total. The topological polar surface area (TPSA) is 63.0 Å². The van der Waals surface area contributed by atoms with Gasteiger partial charge in [0.2, 0.25) is 0 Å². The minimum absolute atomic E-state index is 0.414. The Hall–Kier alpha value is -1.89. The highest BCUT2D eigenvalue weighted by atomic mass is 16.5. The summed E-state index contributed by atoms with van der Waals surface area (Å²) in [6, 6.07) is 6.88. The smallest absolute Gasteiger partial charge is 0.329 e. The fourth-order valence-electron chi connectivity index (χ4n) is 0.904. The van der Waals surface area contributed by atoms with Crippen LogP contribution < -0.4 is 0 Å². The van der Waals surface area contributed by atoms with Crippen molar-refractivity contribution in [3.8, 4) is 6.07 Å². The van der Waals surface area contributed by atoms with E-state index in [2.05, 4.69) is 9.72 Å². The Morgan fingerprint density at radius 1 is 1.69 bits per heavy atom. The highest BCUT2D eigenvalue weighted by Crippen LogP contribution is 2.12. The number of ether oxygens (including phenoxy) is 1. The maximum atomic E-state index is 11.1. The van der Waals surface area contributed by atoms with Gasteiger partial charge in [-0.1, -0.05) is 6.07 Å². The Labute approximate surface area is 75.8 Å². The predicted molar refractivity (Wildman–Crippen MR) is 44.6 cm³/mol. The molecular formula is C9H8N2O2. The van der Waals surface area contributed by atoms with E-state index in [9.17, 15) is 4.79 Å². The largest absolute Gasteiger partial charge is 0.468 e. The van der Waals surface area contributed by atoms with Crippen LogP contribution in [0.5, 0.6) is 0 Å². The fraction of sp³-hybridized carbons (Fsp3) is 0.222. The van der Waals surface area contributed by atoms with E-state index in [1.54, 1.807) is 18.2 Å². The van der Waals surface area contributed by atoms with Gasteiger partial charge in [-0.25, -0.2) is 0 Å². The molecule has 0 saturated carbocycles.